The number of rotatable bonds is 12. The van der Waals surface area contributed by atoms with Crippen molar-refractivity contribution in [3.8, 4) is 0 Å². The van der Waals surface area contributed by atoms with Gasteiger partial charge in [0.25, 0.3) is 0 Å². The van der Waals surface area contributed by atoms with Crippen LogP contribution >= 0.6 is 0 Å². The molecule has 168 valence electrons. The molecule has 0 saturated carbocycles. The number of likely N-dealkylation sites (tertiary alicyclic amines) is 1. The van der Waals surface area contributed by atoms with Crippen LogP contribution in [0.5, 0.6) is 0 Å². The highest BCUT2D eigenvalue weighted by Gasteiger charge is 2.37. The first-order chi connectivity index (χ1) is 14.0. The lowest BCUT2D eigenvalue weighted by atomic mass is 10.1. The minimum Gasteiger partial charge on any atom is -0.481 e. The van der Waals surface area contributed by atoms with Crippen molar-refractivity contribution < 1.29 is 39.0 Å². The number of amides is 4. The van der Waals surface area contributed by atoms with E-state index >= 15 is 0 Å². The highest BCUT2D eigenvalue weighted by atomic mass is 16.4. The molecule has 1 heterocycles. The molecular weight excluding hydrogens is 402 g/mol. The van der Waals surface area contributed by atoms with Crippen LogP contribution < -0.4 is 22.1 Å². The van der Waals surface area contributed by atoms with Crippen LogP contribution in [0.4, 0.5) is 0 Å². The average molecular weight is 429 g/mol. The van der Waals surface area contributed by atoms with Crippen molar-refractivity contribution in [2.75, 3.05) is 13.1 Å². The third-order valence-corrected chi connectivity index (χ3v) is 4.56. The molecule has 0 radical (unpaired) electrons. The number of carbonyl (C=O) groups excluding carboxylic acids is 4. The van der Waals surface area contributed by atoms with Crippen molar-refractivity contribution in [3.63, 3.8) is 0 Å². The number of carboxylic acid groups (broad SMARTS) is 2. The zero-order valence-electron chi connectivity index (χ0n) is 16.3. The molecule has 8 N–H and O–H groups in total. The second kappa shape index (κ2) is 11.7. The maximum atomic E-state index is 12.7. The van der Waals surface area contributed by atoms with E-state index in [1.807, 2.05) is 0 Å². The molecule has 0 spiro atoms. The van der Waals surface area contributed by atoms with Crippen molar-refractivity contribution in [2.24, 2.45) is 11.5 Å². The molecular formula is C17H27N5O8. The number of hydrogen-bond acceptors (Lipinski definition) is 7. The van der Waals surface area contributed by atoms with Gasteiger partial charge in [0, 0.05) is 19.4 Å². The zero-order valence-corrected chi connectivity index (χ0v) is 16.3. The van der Waals surface area contributed by atoms with E-state index in [-0.39, 0.29) is 32.2 Å². The van der Waals surface area contributed by atoms with Crippen LogP contribution in [0.25, 0.3) is 0 Å². The molecule has 0 aromatic heterocycles. The van der Waals surface area contributed by atoms with Crippen LogP contribution in [0.2, 0.25) is 0 Å². The fraction of sp³-hybridized carbons (Fsp3) is 0.647. The van der Waals surface area contributed by atoms with Gasteiger partial charge in [0.15, 0.2) is 0 Å². The minimum absolute atomic E-state index is 0.00591. The highest BCUT2D eigenvalue weighted by Crippen LogP contribution is 2.19. The molecule has 1 saturated heterocycles. The SMILES string of the molecule is NC(=O)CCC(N)C(=O)NCC(=O)NC(CCC(=O)O)C(=O)N1CCCC1C(=O)O. The van der Waals surface area contributed by atoms with Crippen molar-refractivity contribution in [1.29, 1.82) is 0 Å². The molecule has 13 heteroatoms. The lowest BCUT2D eigenvalue weighted by Gasteiger charge is -2.27. The molecule has 0 aliphatic carbocycles. The van der Waals surface area contributed by atoms with Gasteiger partial charge in [0.05, 0.1) is 12.6 Å². The summed E-state index contributed by atoms with van der Waals surface area (Å²) in [6.07, 6.45) is -0.0376. The summed E-state index contributed by atoms with van der Waals surface area (Å²) in [6, 6.07) is -3.35. The van der Waals surface area contributed by atoms with Gasteiger partial charge in [-0.25, -0.2) is 4.79 Å². The van der Waals surface area contributed by atoms with Gasteiger partial charge < -0.3 is 37.2 Å². The van der Waals surface area contributed by atoms with Gasteiger partial charge in [-0.05, 0) is 25.7 Å². The number of carbonyl (C=O) groups is 6. The Bertz CT molecular complexity index is 698. The Morgan fingerprint density at radius 1 is 1.07 bits per heavy atom. The van der Waals surface area contributed by atoms with Gasteiger partial charge in [0.2, 0.25) is 23.6 Å². The monoisotopic (exact) mass is 429 g/mol. The lowest BCUT2D eigenvalue weighted by Crippen LogP contribution is -2.53. The number of nitrogens with zero attached hydrogens (tertiary/aromatic N) is 1. The number of carboxylic acids is 2. The van der Waals surface area contributed by atoms with Crippen LogP contribution in [0, 0.1) is 0 Å². The van der Waals surface area contributed by atoms with Crippen molar-refractivity contribution >= 4 is 35.6 Å². The van der Waals surface area contributed by atoms with E-state index in [0.29, 0.717) is 6.42 Å². The summed E-state index contributed by atoms with van der Waals surface area (Å²) >= 11 is 0. The molecule has 3 atom stereocenters. The van der Waals surface area contributed by atoms with Crippen molar-refractivity contribution in [1.82, 2.24) is 15.5 Å². The van der Waals surface area contributed by atoms with Gasteiger partial charge in [-0.1, -0.05) is 0 Å². The smallest absolute Gasteiger partial charge is 0.326 e. The van der Waals surface area contributed by atoms with Gasteiger partial charge in [-0.15, -0.1) is 0 Å². The van der Waals surface area contributed by atoms with Crippen molar-refractivity contribution in [3.05, 3.63) is 0 Å². The Morgan fingerprint density at radius 2 is 1.73 bits per heavy atom. The molecule has 3 unspecified atom stereocenters. The second-order valence-corrected chi connectivity index (χ2v) is 6.91. The number of aliphatic carboxylic acids is 2. The molecule has 13 nitrogen and oxygen atoms in total. The minimum atomic E-state index is -1.26. The average Bonchev–Trinajstić information content (AvgIpc) is 3.16. The second-order valence-electron chi connectivity index (χ2n) is 6.91. The summed E-state index contributed by atoms with van der Waals surface area (Å²) in [5.74, 6) is -5.17. The third kappa shape index (κ3) is 8.03. The topological polar surface area (TPSA) is 222 Å². The normalized spacial score (nSPS) is 17.6. The summed E-state index contributed by atoms with van der Waals surface area (Å²) in [4.78, 5) is 70.7. The molecule has 1 aliphatic heterocycles. The Labute approximate surface area is 172 Å². The first kappa shape index (κ1) is 24.8. The van der Waals surface area contributed by atoms with Crippen LogP contribution in [-0.2, 0) is 28.8 Å². The third-order valence-electron chi connectivity index (χ3n) is 4.56. The Balaban J connectivity index is 2.68. The van der Waals surface area contributed by atoms with E-state index in [1.165, 1.54) is 0 Å². The fourth-order valence-corrected chi connectivity index (χ4v) is 2.99. The van der Waals surface area contributed by atoms with E-state index < -0.39 is 66.7 Å². The Hall–Kier alpha value is -3.22. The molecule has 30 heavy (non-hydrogen) atoms. The van der Waals surface area contributed by atoms with Crippen LogP contribution in [-0.4, -0.2) is 81.9 Å². The van der Waals surface area contributed by atoms with E-state index in [2.05, 4.69) is 10.6 Å². The first-order valence-electron chi connectivity index (χ1n) is 9.39. The summed E-state index contributed by atoms with van der Waals surface area (Å²) in [5, 5.41) is 22.7. The van der Waals surface area contributed by atoms with Crippen LogP contribution in [0.15, 0.2) is 0 Å². The lowest BCUT2D eigenvalue weighted by molar-refractivity contribution is -0.149. The van der Waals surface area contributed by atoms with Crippen molar-refractivity contribution in [2.45, 2.75) is 56.7 Å². The van der Waals surface area contributed by atoms with Crippen LogP contribution in [0.3, 0.4) is 0 Å². The molecule has 0 aromatic rings. The van der Waals surface area contributed by atoms with E-state index in [4.69, 9.17) is 16.6 Å². The molecule has 0 bridgehead atoms. The number of primary amides is 1. The maximum Gasteiger partial charge on any atom is 0.326 e. The quantitative estimate of drug-likeness (QED) is 0.187. The predicted molar refractivity (Wildman–Crippen MR) is 101 cm³/mol. The largest absolute Gasteiger partial charge is 0.481 e. The highest BCUT2D eigenvalue weighted by molar-refractivity contribution is 5.93. The molecule has 4 amide bonds. The van der Waals surface area contributed by atoms with Gasteiger partial charge in [-0.3, -0.25) is 24.0 Å². The number of hydrogen-bond donors (Lipinski definition) is 6. The predicted octanol–water partition coefficient (Wildman–Crippen LogP) is -2.88. The summed E-state index contributed by atoms with van der Waals surface area (Å²) in [6.45, 7) is -0.358. The number of nitrogens with one attached hydrogen (secondary N) is 2. The standard InChI is InChI=1S/C17H27N5O8/c18-9(3-5-12(19)23)15(27)20-8-13(24)21-10(4-6-14(25)26)16(28)22-7-1-2-11(22)17(29)30/h9-11H,1-8,18H2,(H2,19,23)(H,20,27)(H,21,24)(H,25,26)(H,29,30). The van der Waals surface area contributed by atoms with Crippen LogP contribution in [0.1, 0.15) is 38.5 Å². The zero-order chi connectivity index (χ0) is 22.8. The summed E-state index contributed by atoms with van der Waals surface area (Å²) < 4.78 is 0. The van der Waals surface area contributed by atoms with E-state index in [9.17, 15) is 33.9 Å². The summed E-state index contributed by atoms with van der Waals surface area (Å²) in [7, 11) is 0. The molecule has 1 fully saturated rings. The molecule has 1 aliphatic rings. The van der Waals surface area contributed by atoms with E-state index in [1.54, 1.807) is 0 Å². The van der Waals surface area contributed by atoms with E-state index in [0.717, 1.165) is 4.90 Å². The molecule has 0 aromatic carbocycles. The first-order valence-corrected chi connectivity index (χ1v) is 9.39. The Kier molecular flexibility index (Phi) is 9.68. The Morgan fingerprint density at radius 3 is 2.30 bits per heavy atom. The van der Waals surface area contributed by atoms with Gasteiger partial charge >= 0.3 is 11.9 Å². The fourth-order valence-electron chi connectivity index (χ4n) is 2.99. The maximum absolute atomic E-state index is 12.7. The van der Waals surface area contributed by atoms with Gasteiger partial charge in [-0.2, -0.15) is 0 Å². The number of nitrogens with two attached hydrogens (primary N) is 2. The van der Waals surface area contributed by atoms with Gasteiger partial charge in [0.1, 0.15) is 12.1 Å². The molecule has 1 rings (SSSR count). The summed E-state index contributed by atoms with van der Waals surface area (Å²) in [5.41, 5.74) is 10.5.